The van der Waals surface area contributed by atoms with E-state index < -0.39 is 6.09 Å². The smallest absolute Gasteiger partial charge is 0.411 e. The summed E-state index contributed by atoms with van der Waals surface area (Å²) >= 11 is 6.05. The largest absolute Gasteiger partial charge is 0.453 e. The van der Waals surface area contributed by atoms with Gasteiger partial charge in [0.2, 0.25) is 0 Å². The van der Waals surface area contributed by atoms with E-state index >= 15 is 0 Å². The first-order chi connectivity index (χ1) is 14.8. The first-order valence-corrected chi connectivity index (χ1v) is 9.71. The number of hydrogen-bond donors (Lipinski definition) is 3. The zero-order valence-electron chi connectivity index (χ0n) is 17.0. The van der Waals surface area contributed by atoms with Crippen molar-refractivity contribution in [3.63, 3.8) is 0 Å². The Kier molecular flexibility index (Phi) is 6.84. The molecule has 9 heteroatoms. The maximum absolute atomic E-state index is 12.9. The molecule has 3 rings (SSSR count). The minimum absolute atomic E-state index is 0.104. The topological polar surface area (TPSA) is 117 Å². The van der Waals surface area contributed by atoms with E-state index in [4.69, 9.17) is 17.0 Å². The van der Waals surface area contributed by atoms with Crippen LogP contribution in [-0.4, -0.2) is 40.2 Å². The van der Waals surface area contributed by atoms with Crippen molar-refractivity contribution in [2.45, 2.75) is 13.5 Å². The molecule has 0 atom stereocenters. The molecule has 0 saturated carbocycles. The number of benzene rings is 2. The van der Waals surface area contributed by atoms with Crippen LogP contribution in [0, 0.1) is 12.3 Å². The summed E-state index contributed by atoms with van der Waals surface area (Å²) in [5.74, 6) is 0.476. The fourth-order valence-electron chi connectivity index (χ4n) is 3.09. The standard InChI is InChI=1S/C22H21ClN4O4/c1-13-25-20(17-7-6-16(23)9-19(17)26-22(30)31-2)10-21(29)27(13)11-14-4-3-5-15(8-14)18(24)12-28/h3-10,24,28H,11-12H2,1-2H3,(H,26,30). The molecule has 160 valence electrons. The summed E-state index contributed by atoms with van der Waals surface area (Å²) < 4.78 is 6.15. The molecule has 0 aliphatic carbocycles. The molecule has 2 aromatic carbocycles. The van der Waals surface area contributed by atoms with Crippen LogP contribution in [0.15, 0.2) is 53.3 Å². The average molecular weight is 441 g/mol. The number of rotatable bonds is 6. The molecule has 0 aliphatic rings. The number of halogens is 1. The number of carbonyl (C=O) groups is 1. The van der Waals surface area contributed by atoms with Crippen LogP contribution in [0.25, 0.3) is 11.3 Å². The number of anilines is 1. The van der Waals surface area contributed by atoms with E-state index in [1.807, 2.05) is 6.07 Å². The lowest BCUT2D eigenvalue weighted by molar-refractivity contribution is 0.187. The lowest BCUT2D eigenvalue weighted by Crippen LogP contribution is -2.24. The Bertz CT molecular complexity index is 1210. The Balaban J connectivity index is 1.98. The number of aromatic nitrogens is 2. The average Bonchev–Trinajstić information content (AvgIpc) is 2.75. The normalized spacial score (nSPS) is 10.6. The number of nitrogens with zero attached hydrogens (tertiary/aromatic N) is 2. The molecule has 0 fully saturated rings. The van der Waals surface area contributed by atoms with Gasteiger partial charge < -0.3 is 15.3 Å². The van der Waals surface area contributed by atoms with Gasteiger partial charge in [-0.05, 0) is 42.3 Å². The van der Waals surface area contributed by atoms with Crippen LogP contribution >= 0.6 is 11.6 Å². The third-order valence-corrected chi connectivity index (χ3v) is 4.89. The van der Waals surface area contributed by atoms with Crippen molar-refractivity contribution in [1.82, 2.24) is 9.55 Å². The molecular formula is C22H21ClN4O4. The van der Waals surface area contributed by atoms with Crippen LogP contribution in [0.5, 0.6) is 0 Å². The lowest BCUT2D eigenvalue weighted by atomic mass is 10.1. The number of aryl methyl sites for hydroxylation is 1. The highest BCUT2D eigenvalue weighted by molar-refractivity contribution is 6.31. The highest BCUT2D eigenvalue weighted by atomic mass is 35.5. The number of amides is 1. The quantitative estimate of drug-likeness (QED) is 0.507. The van der Waals surface area contributed by atoms with Crippen molar-refractivity contribution >= 4 is 29.1 Å². The van der Waals surface area contributed by atoms with E-state index in [1.54, 1.807) is 43.3 Å². The predicted octanol–water partition coefficient (Wildman–Crippen LogP) is 3.46. The van der Waals surface area contributed by atoms with Gasteiger partial charge in [-0.15, -0.1) is 0 Å². The van der Waals surface area contributed by atoms with Crippen LogP contribution in [0.3, 0.4) is 0 Å². The molecule has 0 bridgehead atoms. The van der Waals surface area contributed by atoms with Gasteiger partial charge in [0.05, 0.1) is 37.4 Å². The van der Waals surface area contributed by atoms with Gasteiger partial charge in [0, 0.05) is 16.7 Å². The molecule has 1 amide bonds. The van der Waals surface area contributed by atoms with Crippen molar-refractivity contribution in [2.75, 3.05) is 19.0 Å². The SMILES string of the molecule is COC(=O)Nc1cc(Cl)ccc1-c1cc(=O)n(Cc2cccc(C(=N)CO)c2)c(C)n1. The Morgan fingerprint density at radius 3 is 2.71 bits per heavy atom. The van der Waals surface area contributed by atoms with Crippen molar-refractivity contribution in [1.29, 1.82) is 5.41 Å². The Labute approximate surface area is 183 Å². The third kappa shape index (κ3) is 5.17. The maximum Gasteiger partial charge on any atom is 0.411 e. The fourth-order valence-corrected chi connectivity index (χ4v) is 3.26. The number of aliphatic hydroxyl groups excluding tert-OH is 1. The van der Waals surface area contributed by atoms with E-state index in [0.29, 0.717) is 33.4 Å². The minimum atomic E-state index is -0.665. The molecule has 31 heavy (non-hydrogen) atoms. The van der Waals surface area contributed by atoms with Crippen molar-refractivity contribution in [2.24, 2.45) is 0 Å². The monoisotopic (exact) mass is 440 g/mol. The Morgan fingerprint density at radius 2 is 2.03 bits per heavy atom. The van der Waals surface area contributed by atoms with Crippen LogP contribution in [0.1, 0.15) is 17.0 Å². The van der Waals surface area contributed by atoms with Gasteiger partial charge in [-0.3, -0.25) is 14.7 Å². The molecule has 3 aromatic rings. The molecule has 0 aliphatic heterocycles. The zero-order valence-corrected chi connectivity index (χ0v) is 17.7. The predicted molar refractivity (Wildman–Crippen MR) is 119 cm³/mol. The molecule has 0 unspecified atom stereocenters. The van der Waals surface area contributed by atoms with Gasteiger partial charge in [0.25, 0.3) is 5.56 Å². The van der Waals surface area contributed by atoms with Crippen molar-refractivity contribution in [3.05, 3.63) is 80.9 Å². The zero-order chi connectivity index (χ0) is 22.5. The van der Waals surface area contributed by atoms with Gasteiger partial charge in [-0.2, -0.15) is 0 Å². The summed E-state index contributed by atoms with van der Waals surface area (Å²) in [5, 5.41) is 19.9. The van der Waals surface area contributed by atoms with Gasteiger partial charge in [0.1, 0.15) is 5.82 Å². The van der Waals surface area contributed by atoms with Crippen LogP contribution in [0.2, 0.25) is 5.02 Å². The van der Waals surface area contributed by atoms with Gasteiger partial charge in [0.15, 0.2) is 0 Å². The molecule has 1 heterocycles. The molecule has 1 aromatic heterocycles. The minimum Gasteiger partial charge on any atom is -0.453 e. The highest BCUT2D eigenvalue weighted by Gasteiger charge is 2.14. The van der Waals surface area contributed by atoms with Crippen LogP contribution in [-0.2, 0) is 11.3 Å². The Hall–Kier alpha value is -3.49. The lowest BCUT2D eigenvalue weighted by Gasteiger charge is -2.14. The second-order valence-corrected chi connectivity index (χ2v) is 7.19. The molecular weight excluding hydrogens is 420 g/mol. The summed E-state index contributed by atoms with van der Waals surface area (Å²) in [6, 6.07) is 13.4. The summed E-state index contributed by atoms with van der Waals surface area (Å²) in [4.78, 5) is 29.1. The maximum atomic E-state index is 12.9. The Morgan fingerprint density at radius 1 is 1.26 bits per heavy atom. The second kappa shape index (κ2) is 9.55. The van der Waals surface area contributed by atoms with Crippen LogP contribution in [0.4, 0.5) is 10.5 Å². The summed E-state index contributed by atoms with van der Waals surface area (Å²) in [6.07, 6.45) is -0.665. The number of nitrogens with one attached hydrogen (secondary N) is 2. The van der Waals surface area contributed by atoms with E-state index in [1.165, 1.54) is 17.7 Å². The molecule has 0 spiro atoms. The van der Waals surface area contributed by atoms with Crippen molar-refractivity contribution in [3.8, 4) is 11.3 Å². The summed E-state index contributed by atoms with van der Waals surface area (Å²) in [6.45, 7) is 1.62. The number of carbonyl (C=O) groups excluding carboxylic acids is 1. The first kappa shape index (κ1) is 22.2. The second-order valence-electron chi connectivity index (χ2n) is 6.76. The molecule has 8 nitrogen and oxygen atoms in total. The highest BCUT2D eigenvalue weighted by Crippen LogP contribution is 2.29. The fraction of sp³-hybridized carbons (Fsp3) is 0.182. The van der Waals surface area contributed by atoms with Crippen LogP contribution < -0.4 is 10.9 Å². The van der Waals surface area contributed by atoms with E-state index in [2.05, 4.69) is 15.0 Å². The number of hydrogen-bond acceptors (Lipinski definition) is 6. The third-order valence-electron chi connectivity index (χ3n) is 4.65. The summed E-state index contributed by atoms with van der Waals surface area (Å²) in [5.41, 5.74) is 2.51. The van der Waals surface area contributed by atoms with Gasteiger partial charge in [-0.25, -0.2) is 9.78 Å². The van der Waals surface area contributed by atoms with Crippen molar-refractivity contribution < 1.29 is 14.6 Å². The van der Waals surface area contributed by atoms with E-state index in [-0.39, 0.29) is 24.4 Å². The molecule has 0 radical (unpaired) electrons. The number of aliphatic hydroxyl groups is 1. The first-order valence-electron chi connectivity index (χ1n) is 9.33. The van der Waals surface area contributed by atoms with E-state index in [0.717, 1.165) is 5.56 Å². The number of methoxy groups -OCH3 is 1. The van der Waals surface area contributed by atoms with Gasteiger partial charge in [-0.1, -0.05) is 29.8 Å². The summed E-state index contributed by atoms with van der Waals surface area (Å²) in [7, 11) is 1.25. The molecule has 0 saturated heterocycles. The van der Waals surface area contributed by atoms with Gasteiger partial charge >= 0.3 is 6.09 Å². The molecule has 3 N–H and O–H groups in total. The number of ether oxygens (including phenoxy) is 1. The van der Waals surface area contributed by atoms with E-state index in [9.17, 15) is 14.7 Å².